The molecular weight excluding hydrogens is 360 g/mol. The number of hydrogen-bond acceptors (Lipinski definition) is 7. The molecule has 0 radical (unpaired) electrons. The molecule has 0 aliphatic carbocycles. The third kappa shape index (κ3) is 3.23. The van der Waals surface area contributed by atoms with E-state index in [1.165, 1.54) is 0 Å². The van der Waals surface area contributed by atoms with Crippen LogP contribution in [-0.4, -0.2) is 33.3 Å². The molecule has 2 N–H and O–H groups in total. The van der Waals surface area contributed by atoms with E-state index in [4.69, 9.17) is 9.47 Å². The Labute approximate surface area is 159 Å². The number of ether oxygens (including phenoxy) is 2. The lowest BCUT2D eigenvalue weighted by atomic mass is 10.1. The monoisotopic (exact) mass is 376 g/mol. The molecule has 3 aromatic rings. The number of H-pyrrole nitrogens is 1. The maximum absolute atomic E-state index is 12.9. The second-order valence-electron chi connectivity index (χ2n) is 5.87. The normalized spacial score (nSPS) is 15.2. The lowest BCUT2D eigenvalue weighted by Crippen LogP contribution is -2.16. The Hall–Kier alpha value is -3.94. The predicted octanol–water partition coefficient (Wildman–Crippen LogP) is 2.78. The maximum Gasteiger partial charge on any atom is 0.347 e. The summed E-state index contributed by atoms with van der Waals surface area (Å²) >= 11 is 0. The Morgan fingerprint density at radius 1 is 1.32 bits per heavy atom. The first-order valence-corrected chi connectivity index (χ1v) is 8.62. The number of Topliss-reactive ketones (excluding diaryl/α,β-unsaturated/α-hetero) is 1. The van der Waals surface area contributed by atoms with Crippen LogP contribution in [-0.2, 0) is 19.1 Å². The van der Waals surface area contributed by atoms with Gasteiger partial charge in [0.15, 0.2) is 11.3 Å². The number of aromatic amines is 1. The minimum Gasteiger partial charge on any atom is -0.462 e. The molecule has 0 amide bonds. The van der Waals surface area contributed by atoms with Crippen molar-refractivity contribution in [3.05, 3.63) is 71.8 Å². The van der Waals surface area contributed by atoms with Gasteiger partial charge in [0, 0.05) is 29.5 Å². The van der Waals surface area contributed by atoms with E-state index in [0.717, 1.165) is 10.9 Å². The number of nitrogens with one attached hydrogen (secondary N) is 2. The summed E-state index contributed by atoms with van der Waals surface area (Å²) in [4.78, 5) is 36.4. The molecule has 0 atom stereocenters. The molecule has 0 unspecified atom stereocenters. The van der Waals surface area contributed by atoms with Crippen LogP contribution in [0.3, 0.4) is 0 Å². The molecule has 1 aliphatic rings. The average molecular weight is 376 g/mol. The summed E-state index contributed by atoms with van der Waals surface area (Å²) < 4.78 is 10.7. The number of ketones is 1. The van der Waals surface area contributed by atoms with Gasteiger partial charge in [-0.3, -0.25) is 9.78 Å². The number of hydrogen-bond donors (Lipinski definition) is 2. The van der Waals surface area contributed by atoms with Crippen molar-refractivity contribution in [2.45, 2.75) is 6.92 Å². The predicted molar refractivity (Wildman–Crippen MR) is 102 cm³/mol. The highest BCUT2D eigenvalue weighted by atomic mass is 16.5. The van der Waals surface area contributed by atoms with Crippen LogP contribution in [0.2, 0.25) is 0 Å². The zero-order chi connectivity index (χ0) is 19.5. The van der Waals surface area contributed by atoms with Gasteiger partial charge < -0.3 is 19.8 Å². The van der Waals surface area contributed by atoms with Crippen LogP contribution in [0, 0.1) is 0 Å². The highest BCUT2D eigenvalue weighted by Gasteiger charge is 2.37. The van der Waals surface area contributed by atoms with Gasteiger partial charge in [0.25, 0.3) is 0 Å². The van der Waals surface area contributed by atoms with Gasteiger partial charge >= 0.3 is 5.97 Å². The summed E-state index contributed by atoms with van der Waals surface area (Å²) in [5.74, 6) is -1.27. The average Bonchev–Trinajstić information content (AvgIpc) is 3.24. The van der Waals surface area contributed by atoms with Crippen LogP contribution >= 0.6 is 0 Å². The van der Waals surface area contributed by atoms with Crippen LogP contribution in [0.1, 0.15) is 12.5 Å². The first kappa shape index (κ1) is 17.5. The van der Waals surface area contributed by atoms with E-state index in [-0.39, 0.29) is 23.8 Å². The Bertz CT molecular complexity index is 1120. The van der Waals surface area contributed by atoms with Gasteiger partial charge in [-0.05, 0) is 37.3 Å². The van der Waals surface area contributed by atoms with Gasteiger partial charge in [0.2, 0.25) is 11.7 Å². The van der Waals surface area contributed by atoms with Crippen LogP contribution in [0.25, 0.3) is 17.1 Å². The molecule has 140 valence electrons. The summed E-state index contributed by atoms with van der Waals surface area (Å²) in [5.41, 5.74) is 1.80. The van der Waals surface area contributed by atoms with Gasteiger partial charge in [0.1, 0.15) is 5.65 Å². The molecule has 4 rings (SSSR count). The van der Waals surface area contributed by atoms with Crippen molar-refractivity contribution in [2.24, 2.45) is 0 Å². The lowest BCUT2D eigenvalue weighted by Gasteiger charge is -2.08. The van der Waals surface area contributed by atoms with Crippen LogP contribution < -0.4 is 5.32 Å². The van der Waals surface area contributed by atoms with Crippen molar-refractivity contribution < 1.29 is 19.1 Å². The molecule has 0 spiro atoms. The first-order valence-electron chi connectivity index (χ1n) is 8.62. The minimum absolute atomic E-state index is 0.0131. The zero-order valence-corrected chi connectivity index (χ0v) is 14.9. The molecule has 0 aromatic carbocycles. The summed E-state index contributed by atoms with van der Waals surface area (Å²) in [6.45, 7) is 1.81. The number of anilines is 1. The smallest absolute Gasteiger partial charge is 0.347 e. The quantitative estimate of drug-likeness (QED) is 0.401. The minimum atomic E-state index is -0.747. The van der Waals surface area contributed by atoms with E-state index >= 15 is 0 Å². The van der Waals surface area contributed by atoms with E-state index < -0.39 is 11.8 Å². The lowest BCUT2D eigenvalue weighted by molar-refractivity contribution is -0.139. The first-order chi connectivity index (χ1) is 13.7. The van der Waals surface area contributed by atoms with Crippen LogP contribution in [0.15, 0.2) is 66.3 Å². The SMILES string of the molecule is CCOC(=O)C1=C(Nc2cccnc2)O/C(=C\c2c[nH]c3ncccc23)C1=O. The number of pyridine rings is 2. The Morgan fingerprint density at radius 3 is 2.96 bits per heavy atom. The fourth-order valence-electron chi connectivity index (χ4n) is 2.81. The van der Waals surface area contributed by atoms with Crippen LogP contribution in [0.5, 0.6) is 0 Å². The Kier molecular flexibility index (Phi) is 4.59. The van der Waals surface area contributed by atoms with Gasteiger partial charge in [0.05, 0.1) is 18.5 Å². The fourth-order valence-corrected chi connectivity index (χ4v) is 2.81. The molecule has 8 nitrogen and oxygen atoms in total. The molecule has 0 fully saturated rings. The second kappa shape index (κ2) is 7.36. The number of nitrogens with zero attached hydrogens (tertiary/aromatic N) is 2. The zero-order valence-electron chi connectivity index (χ0n) is 14.9. The van der Waals surface area contributed by atoms with Crippen molar-refractivity contribution in [3.63, 3.8) is 0 Å². The van der Waals surface area contributed by atoms with Gasteiger partial charge in [-0.15, -0.1) is 0 Å². The molecule has 28 heavy (non-hydrogen) atoms. The number of fused-ring (bicyclic) bond motifs is 1. The fraction of sp³-hybridized carbons (Fsp3) is 0.100. The van der Waals surface area contributed by atoms with Crippen molar-refractivity contribution in [3.8, 4) is 0 Å². The molecule has 3 aromatic heterocycles. The van der Waals surface area contributed by atoms with E-state index in [1.54, 1.807) is 56.0 Å². The van der Waals surface area contributed by atoms with Crippen molar-refractivity contribution in [1.29, 1.82) is 0 Å². The van der Waals surface area contributed by atoms with Gasteiger partial charge in [-0.1, -0.05) is 0 Å². The highest BCUT2D eigenvalue weighted by molar-refractivity contribution is 6.26. The summed E-state index contributed by atoms with van der Waals surface area (Å²) in [7, 11) is 0. The topological polar surface area (TPSA) is 106 Å². The van der Waals surface area contributed by atoms with E-state index in [0.29, 0.717) is 11.3 Å². The number of rotatable bonds is 5. The third-order valence-electron chi connectivity index (χ3n) is 4.06. The number of aromatic nitrogens is 3. The van der Waals surface area contributed by atoms with E-state index in [9.17, 15) is 9.59 Å². The standard InChI is InChI=1S/C20H16N4O4/c1-2-27-20(26)16-17(25)15(28-19(16)24-13-5-3-7-21-11-13)9-12-10-23-18-14(12)6-4-8-22-18/h3-11,24H,2H2,1H3,(H,22,23)/b15-9-. The van der Waals surface area contributed by atoms with E-state index in [2.05, 4.69) is 20.3 Å². The molecule has 0 saturated heterocycles. The highest BCUT2D eigenvalue weighted by Crippen LogP contribution is 2.30. The van der Waals surface area contributed by atoms with Crippen LogP contribution in [0.4, 0.5) is 5.69 Å². The molecule has 0 bridgehead atoms. The number of allylic oxidation sites excluding steroid dienone is 1. The molecule has 0 saturated carbocycles. The van der Waals surface area contributed by atoms with Crippen molar-refractivity contribution in [2.75, 3.05) is 11.9 Å². The second-order valence-corrected chi connectivity index (χ2v) is 5.87. The molecular formula is C20H16N4O4. The van der Waals surface area contributed by atoms with Gasteiger partial charge in [-0.2, -0.15) is 0 Å². The number of esters is 1. The van der Waals surface area contributed by atoms with Crippen molar-refractivity contribution >= 4 is 34.5 Å². The maximum atomic E-state index is 12.9. The largest absolute Gasteiger partial charge is 0.462 e. The molecule has 4 heterocycles. The molecule has 8 heteroatoms. The Balaban J connectivity index is 1.70. The summed E-state index contributed by atoms with van der Waals surface area (Å²) in [6, 6.07) is 7.13. The van der Waals surface area contributed by atoms with Crippen molar-refractivity contribution in [1.82, 2.24) is 15.0 Å². The van der Waals surface area contributed by atoms with Gasteiger partial charge in [-0.25, -0.2) is 9.78 Å². The van der Waals surface area contributed by atoms with E-state index in [1.807, 2.05) is 6.07 Å². The summed E-state index contributed by atoms with van der Waals surface area (Å²) in [6.07, 6.45) is 8.13. The number of carbonyl (C=O) groups is 2. The number of carbonyl (C=O) groups excluding carboxylic acids is 2. The third-order valence-corrected chi connectivity index (χ3v) is 4.06. The molecule has 1 aliphatic heterocycles. The Morgan fingerprint density at radius 2 is 2.18 bits per heavy atom. The summed E-state index contributed by atoms with van der Waals surface area (Å²) in [5, 5.41) is 3.75.